The average Bonchev–Trinajstić information content (AvgIpc) is 2.64. The molecule has 0 amide bonds. The van der Waals surface area contributed by atoms with Crippen LogP contribution in [0.3, 0.4) is 0 Å². The highest BCUT2D eigenvalue weighted by molar-refractivity contribution is 5.50. The van der Waals surface area contributed by atoms with Gasteiger partial charge in [0, 0.05) is 11.5 Å². The quantitative estimate of drug-likeness (QED) is 0.783. The molecule has 1 aliphatic rings. The molecule has 0 aromatic heterocycles. The highest BCUT2D eigenvalue weighted by Gasteiger charge is 2.23. The number of fused-ring (bicyclic) bond motifs is 1. The van der Waals surface area contributed by atoms with Crippen molar-refractivity contribution < 1.29 is 13.9 Å². The van der Waals surface area contributed by atoms with Crippen molar-refractivity contribution in [3.63, 3.8) is 0 Å². The molecule has 14 heavy (non-hydrogen) atoms. The fraction of sp³-hybridized carbons (Fsp3) is 0.400. The summed E-state index contributed by atoms with van der Waals surface area (Å²) in [5.41, 5.74) is 6.02. The van der Waals surface area contributed by atoms with Gasteiger partial charge in [0.25, 0.3) is 0 Å². The summed E-state index contributed by atoms with van der Waals surface area (Å²) in [7, 11) is 0. The van der Waals surface area contributed by atoms with Crippen molar-refractivity contribution in [3.8, 4) is 11.5 Å². The fourth-order valence-corrected chi connectivity index (χ4v) is 1.55. The van der Waals surface area contributed by atoms with Crippen molar-refractivity contribution in [3.05, 3.63) is 23.5 Å². The van der Waals surface area contributed by atoms with Crippen LogP contribution in [0.5, 0.6) is 11.5 Å². The second-order valence-electron chi connectivity index (χ2n) is 3.33. The van der Waals surface area contributed by atoms with Crippen molar-refractivity contribution in [1.29, 1.82) is 0 Å². The first-order valence-electron chi connectivity index (χ1n) is 4.52. The van der Waals surface area contributed by atoms with Crippen LogP contribution in [0, 0.1) is 5.82 Å². The van der Waals surface area contributed by atoms with Gasteiger partial charge in [0.2, 0.25) is 6.79 Å². The van der Waals surface area contributed by atoms with Crippen LogP contribution in [0.25, 0.3) is 0 Å². The predicted molar refractivity (Wildman–Crippen MR) is 50.0 cm³/mol. The zero-order valence-electron chi connectivity index (χ0n) is 7.92. The molecule has 0 spiro atoms. The summed E-state index contributed by atoms with van der Waals surface area (Å²) in [6.07, 6.45) is 0. The smallest absolute Gasteiger partial charge is 0.231 e. The summed E-state index contributed by atoms with van der Waals surface area (Å²) in [6.45, 7) is 2.40. The number of hydrogen-bond acceptors (Lipinski definition) is 3. The molecule has 0 fully saturated rings. The van der Waals surface area contributed by atoms with E-state index in [1.165, 1.54) is 6.07 Å². The summed E-state index contributed by atoms with van der Waals surface area (Å²) in [5, 5.41) is 0. The van der Waals surface area contributed by atoms with Crippen molar-refractivity contribution in [2.24, 2.45) is 5.73 Å². The van der Waals surface area contributed by atoms with E-state index in [4.69, 9.17) is 15.2 Å². The molecule has 0 saturated heterocycles. The van der Waals surface area contributed by atoms with Crippen LogP contribution in [-0.2, 0) is 0 Å². The van der Waals surface area contributed by atoms with Gasteiger partial charge in [0.15, 0.2) is 11.5 Å². The minimum Gasteiger partial charge on any atom is -0.454 e. The Kier molecular flexibility index (Phi) is 2.29. The lowest BCUT2D eigenvalue weighted by atomic mass is 9.99. The monoisotopic (exact) mass is 197 g/mol. The number of hydrogen-bond donors (Lipinski definition) is 1. The van der Waals surface area contributed by atoms with E-state index in [0.717, 1.165) is 0 Å². The predicted octanol–water partition coefficient (Wildman–Crippen LogP) is 1.62. The van der Waals surface area contributed by atoms with Gasteiger partial charge in [-0.3, -0.25) is 0 Å². The van der Waals surface area contributed by atoms with Gasteiger partial charge in [-0.05, 0) is 18.7 Å². The molecule has 1 aromatic carbocycles. The first-order valence-corrected chi connectivity index (χ1v) is 4.52. The molecule has 1 aliphatic heterocycles. The van der Waals surface area contributed by atoms with E-state index in [9.17, 15) is 4.39 Å². The zero-order valence-corrected chi connectivity index (χ0v) is 7.92. The highest BCUT2D eigenvalue weighted by atomic mass is 19.1. The van der Waals surface area contributed by atoms with Crippen molar-refractivity contribution in [2.45, 2.75) is 12.8 Å². The van der Waals surface area contributed by atoms with Crippen LogP contribution in [-0.4, -0.2) is 13.3 Å². The maximum atomic E-state index is 13.5. The SMILES string of the molecule is CC(CN)c1c(F)ccc2c1OCO2. The molecular weight excluding hydrogens is 185 g/mol. The fourth-order valence-electron chi connectivity index (χ4n) is 1.55. The van der Waals surface area contributed by atoms with Gasteiger partial charge in [-0.25, -0.2) is 4.39 Å². The number of ether oxygens (including phenoxy) is 2. The summed E-state index contributed by atoms with van der Waals surface area (Å²) >= 11 is 0. The molecule has 2 N–H and O–H groups in total. The van der Waals surface area contributed by atoms with Crippen LogP contribution in [0.1, 0.15) is 18.4 Å². The molecule has 1 aromatic rings. The van der Waals surface area contributed by atoms with Crippen molar-refractivity contribution in [2.75, 3.05) is 13.3 Å². The van der Waals surface area contributed by atoms with Gasteiger partial charge in [0.05, 0.1) is 0 Å². The lowest BCUT2D eigenvalue weighted by Gasteiger charge is -2.12. The molecule has 0 radical (unpaired) electrons. The molecule has 2 rings (SSSR count). The molecule has 1 unspecified atom stereocenters. The molecular formula is C10H12FNO2. The first-order chi connectivity index (χ1) is 6.74. The van der Waals surface area contributed by atoms with E-state index < -0.39 is 0 Å². The Morgan fingerprint density at radius 3 is 3.00 bits per heavy atom. The van der Waals surface area contributed by atoms with Crippen LogP contribution >= 0.6 is 0 Å². The van der Waals surface area contributed by atoms with Gasteiger partial charge < -0.3 is 15.2 Å². The van der Waals surface area contributed by atoms with Crippen molar-refractivity contribution in [1.82, 2.24) is 0 Å². The second-order valence-corrected chi connectivity index (χ2v) is 3.33. The van der Waals surface area contributed by atoms with Gasteiger partial charge in [-0.15, -0.1) is 0 Å². The van der Waals surface area contributed by atoms with Crippen LogP contribution in [0.15, 0.2) is 12.1 Å². The Morgan fingerprint density at radius 1 is 1.50 bits per heavy atom. The Morgan fingerprint density at radius 2 is 2.29 bits per heavy atom. The van der Waals surface area contributed by atoms with E-state index in [2.05, 4.69) is 0 Å². The molecule has 0 aliphatic carbocycles. The van der Waals surface area contributed by atoms with E-state index in [1.54, 1.807) is 6.07 Å². The maximum absolute atomic E-state index is 13.5. The third-order valence-corrected chi connectivity index (χ3v) is 2.37. The number of benzene rings is 1. The van der Waals surface area contributed by atoms with Gasteiger partial charge in [-0.1, -0.05) is 6.92 Å². The van der Waals surface area contributed by atoms with Gasteiger partial charge in [-0.2, -0.15) is 0 Å². The molecule has 1 atom stereocenters. The third kappa shape index (κ3) is 1.32. The summed E-state index contributed by atoms with van der Waals surface area (Å²) in [6, 6.07) is 2.96. The Hall–Kier alpha value is -1.29. The highest BCUT2D eigenvalue weighted by Crippen LogP contribution is 2.40. The maximum Gasteiger partial charge on any atom is 0.231 e. The summed E-state index contributed by atoms with van der Waals surface area (Å²) < 4.78 is 23.9. The molecule has 76 valence electrons. The van der Waals surface area contributed by atoms with E-state index in [-0.39, 0.29) is 18.5 Å². The standard InChI is InChI=1S/C10H12FNO2/c1-6(4-12)9-7(11)2-3-8-10(9)14-5-13-8/h2-3,6H,4-5,12H2,1H3. The van der Waals surface area contributed by atoms with Crippen LogP contribution < -0.4 is 15.2 Å². The molecule has 4 heteroatoms. The number of rotatable bonds is 2. The van der Waals surface area contributed by atoms with E-state index in [1.807, 2.05) is 6.92 Å². The summed E-state index contributed by atoms with van der Waals surface area (Å²) in [4.78, 5) is 0. The number of halogens is 1. The first kappa shape index (κ1) is 9.27. The van der Waals surface area contributed by atoms with E-state index in [0.29, 0.717) is 23.6 Å². The Bertz CT molecular complexity index is 354. The van der Waals surface area contributed by atoms with Gasteiger partial charge >= 0.3 is 0 Å². The summed E-state index contributed by atoms with van der Waals surface area (Å²) in [5.74, 6) is 0.753. The van der Waals surface area contributed by atoms with Crippen LogP contribution in [0.4, 0.5) is 4.39 Å². The normalized spacial score (nSPS) is 15.6. The number of nitrogens with two attached hydrogens (primary N) is 1. The van der Waals surface area contributed by atoms with Gasteiger partial charge in [0.1, 0.15) is 5.82 Å². The molecule has 3 nitrogen and oxygen atoms in total. The Labute approximate surface area is 81.6 Å². The molecule has 0 saturated carbocycles. The minimum absolute atomic E-state index is 0.0633. The largest absolute Gasteiger partial charge is 0.454 e. The Balaban J connectivity index is 2.51. The lowest BCUT2D eigenvalue weighted by molar-refractivity contribution is 0.173. The topological polar surface area (TPSA) is 44.5 Å². The zero-order chi connectivity index (χ0) is 10.1. The van der Waals surface area contributed by atoms with E-state index >= 15 is 0 Å². The minimum atomic E-state index is -0.285. The van der Waals surface area contributed by atoms with Crippen molar-refractivity contribution >= 4 is 0 Å². The average molecular weight is 197 g/mol. The second kappa shape index (κ2) is 3.46. The third-order valence-electron chi connectivity index (χ3n) is 2.37. The molecule has 1 heterocycles. The molecule has 0 bridgehead atoms. The lowest BCUT2D eigenvalue weighted by Crippen LogP contribution is -2.11. The van der Waals surface area contributed by atoms with Crippen LogP contribution in [0.2, 0.25) is 0 Å².